The van der Waals surface area contributed by atoms with E-state index in [0.717, 1.165) is 55.0 Å². The van der Waals surface area contributed by atoms with Crippen molar-refractivity contribution in [3.63, 3.8) is 0 Å². The first-order valence-corrected chi connectivity index (χ1v) is 12.0. The van der Waals surface area contributed by atoms with Crippen molar-refractivity contribution in [3.05, 3.63) is 84.9 Å². The number of hydrogen-bond acceptors (Lipinski definition) is 7. The lowest BCUT2D eigenvalue weighted by atomic mass is 10.0. The first-order valence-electron chi connectivity index (χ1n) is 12.0. The summed E-state index contributed by atoms with van der Waals surface area (Å²) < 4.78 is 1.89. The number of imidazole rings is 1. The molecule has 4 heterocycles. The lowest BCUT2D eigenvalue weighted by Gasteiger charge is -2.38. The summed E-state index contributed by atoms with van der Waals surface area (Å²) in [7, 11) is 2.19. The molecule has 0 saturated carbocycles. The molecule has 1 aliphatic rings. The molecule has 0 radical (unpaired) electrons. The molecule has 1 atom stereocenters. The predicted octanol–water partition coefficient (Wildman–Crippen LogP) is 3.74. The fourth-order valence-electron chi connectivity index (χ4n) is 4.73. The number of aromatic nitrogens is 5. The zero-order valence-corrected chi connectivity index (χ0v) is 19.7. The fourth-order valence-corrected chi connectivity index (χ4v) is 4.73. The van der Waals surface area contributed by atoms with Crippen LogP contribution in [0, 0.1) is 0 Å². The topological polar surface area (TPSA) is 74.5 Å². The quantitative estimate of drug-likeness (QED) is 0.410. The Morgan fingerprint density at radius 3 is 2.57 bits per heavy atom. The highest BCUT2D eigenvalue weighted by atomic mass is 15.3. The molecule has 1 N–H and O–H groups in total. The van der Waals surface area contributed by atoms with Gasteiger partial charge in [-0.1, -0.05) is 42.5 Å². The Bertz CT molecular complexity index is 1440. The standard InChI is InChI=1S/C27H28N8/c1-33-13-15-34(16-14-33)24(20-7-3-2-4-8-20)18-29-26-22-9-5-6-10-23(22)31-25(32-26)21-17-30-27-28-11-12-35(27)19-21/h2-12,17,19,24H,13-16,18H2,1H3,(H,29,31,32). The maximum absolute atomic E-state index is 4.96. The second kappa shape index (κ2) is 9.40. The van der Waals surface area contributed by atoms with Crippen molar-refractivity contribution in [2.75, 3.05) is 45.1 Å². The monoisotopic (exact) mass is 464 g/mol. The molecule has 3 aromatic heterocycles. The van der Waals surface area contributed by atoms with E-state index < -0.39 is 0 Å². The molecule has 1 fully saturated rings. The Kier molecular flexibility index (Phi) is 5.81. The summed E-state index contributed by atoms with van der Waals surface area (Å²) in [5.74, 6) is 2.14. The summed E-state index contributed by atoms with van der Waals surface area (Å²) in [6.07, 6.45) is 7.38. The van der Waals surface area contributed by atoms with E-state index in [2.05, 4.69) is 68.5 Å². The van der Waals surface area contributed by atoms with Gasteiger partial charge in [-0.15, -0.1) is 0 Å². The van der Waals surface area contributed by atoms with Gasteiger partial charge < -0.3 is 10.2 Å². The van der Waals surface area contributed by atoms with Gasteiger partial charge in [0.2, 0.25) is 5.78 Å². The average Bonchev–Trinajstić information content (AvgIpc) is 3.38. The molecule has 8 nitrogen and oxygen atoms in total. The Labute approximate surface area is 204 Å². The largest absolute Gasteiger partial charge is 0.368 e. The molecule has 0 aliphatic carbocycles. The van der Waals surface area contributed by atoms with Crippen molar-refractivity contribution in [1.29, 1.82) is 0 Å². The van der Waals surface area contributed by atoms with Gasteiger partial charge >= 0.3 is 0 Å². The molecule has 176 valence electrons. The van der Waals surface area contributed by atoms with Crippen LogP contribution in [-0.2, 0) is 0 Å². The molecule has 1 saturated heterocycles. The number of anilines is 1. The zero-order valence-electron chi connectivity index (χ0n) is 19.7. The second-order valence-electron chi connectivity index (χ2n) is 9.04. The van der Waals surface area contributed by atoms with Crippen LogP contribution in [0.25, 0.3) is 28.1 Å². The summed E-state index contributed by atoms with van der Waals surface area (Å²) in [4.78, 5) is 23.5. The van der Waals surface area contributed by atoms with E-state index in [1.54, 1.807) is 12.4 Å². The van der Waals surface area contributed by atoms with Gasteiger partial charge in [0.25, 0.3) is 0 Å². The third-order valence-corrected chi connectivity index (χ3v) is 6.73. The summed E-state index contributed by atoms with van der Waals surface area (Å²) in [5.41, 5.74) is 3.07. The van der Waals surface area contributed by atoms with Gasteiger partial charge in [0.15, 0.2) is 5.82 Å². The van der Waals surface area contributed by atoms with Crippen LogP contribution in [-0.4, -0.2) is 73.9 Å². The normalized spacial score (nSPS) is 16.0. The first-order chi connectivity index (χ1) is 17.2. The molecule has 0 spiro atoms. The minimum atomic E-state index is 0.256. The van der Waals surface area contributed by atoms with Crippen molar-refractivity contribution in [2.45, 2.75) is 6.04 Å². The number of fused-ring (bicyclic) bond motifs is 2. The number of hydrogen-bond donors (Lipinski definition) is 1. The smallest absolute Gasteiger partial charge is 0.233 e. The van der Waals surface area contributed by atoms with Crippen molar-refractivity contribution in [1.82, 2.24) is 34.1 Å². The molecule has 6 rings (SSSR count). The van der Waals surface area contributed by atoms with Crippen LogP contribution >= 0.6 is 0 Å². The van der Waals surface area contributed by atoms with E-state index in [1.807, 2.05) is 35.0 Å². The Morgan fingerprint density at radius 2 is 1.71 bits per heavy atom. The Hall–Kier alpha value is -3.88. The highest BCUT2D eigenvalue weighted by Crippen LogP contribution is 2.27. The molecule has 2 aromatic carbocycles. The minimum absolute atomic E-state index is 0.256. The zero-order chi connectivity index (χ0) is 23.6. The van der Waals surface area contributed by atoms with Crippen LogP contribution in [0.4, 0.5) is 5.82 Å². The molecular formula is C27H28N8. The third kappa shape index (κ3) is 4.45. The molecule has 8 heteroatoms. The van der Waals surface area contributed by atoms with Gasteiger partial charge in [0.05, 0.1) is 17.1 Å². The van der Waals surface area contributed by atoms with E-state index in [0.29, 0.717) is 11.6 Å². The molecule has 5 aromatic rings. The van der Waals surface area contributed by atoms with Gasteiger partial charge in [-0.05, 0) is 24.7 Å². The molecule has 1 unspecified atom stereocenters. The number of nitrogens with zero attached hydrogens (tertiary/aromatic N) is 7. The highest BCUT2D eigenvalue weighted by molar-refractivity contribution is 5.90. The number of piperazine rings is 1. The first kappa shape index (κ1) is 21.6. The van der Waals surface area contributed by atoms with E-state index in [9.17, 15) is 0 Å². The van der Waals surface area contributed by atoms with Gasteiger partial charge in [0.1, 0.15) is 5.82 Å². The molecule has 0 bridgehead atoms. The molecule has 0 amide bonds. The number of rotatable bonds is 6. The van der Waals surface area contributed by atoms with Gasteiger partial charge in [0, 0.05) is 62.9 Å². The minimum Gasteiger partial charge on any atom is -0.368 e. The van der Waals surface area contributed by atoms with E-state index in [-0.39, 0.29) is 6.04 Å². The SMILES string of the molecule is CN1CCN(C(CNc2nc(-c3cnc4nccn4c3)nc3ccccc23)c2ccccc2)CC1. The Morgan fingerprint density at radius 1 is 0.914 bits per heavy atom. The number of para-hydroxylation sites is 1. The van der Waals surface area contributed by atoms with Crippen LogP contribution < -0.4 is 5.32 Å². The van der Waals surface area contributed by atoms with E-state index in [1.165, 1.54) is 5.56 Å². The van der Waals surface area contributed by atoms with Crippen LogP contribution in [0.3, 0.4) is 0 Å². The van der Waals surface area contributed by atoms with Crippen molar-refractivity contribution in [3.8, 4) is 11.4 Å². The highest BCUT2D eigenvalue weighted by Gasteiger charge is 2.24. The summed E-state index contributed by atoms with van der Waals surface area (Å²) in [5, 5.41) is 4.70. The van der Waals surface area contributed by atoms with Crippen LogP contribution in [0.1, 0.15) is 11.6 Å². The average molecular weight is 465 g/mol. The van der Waals surface area contributed by atoms with Crippen LogP contribution in [0.2, 0.25) is 0 Å². The predicted molar refractivity (Wildman–Crippen MR) is 138 cm³/mol. The van der Waals surface area contributed by atoms with Gasteiger partial charge in [-0.3, -0.25) is 9.30 Å². The summed E-state index contributed by atoms with van der Waals surface area (Å²) >= 11 is 0. The second-order valence-corrected chi connectivity index (χ2v) is 9.04. The van der Waals surface area contributed by atoms with Crippen molar-refractivity contribution < 1.29 is 0 Å². The van der Waals surface area contributed by atoms with E-state index >= 15 is 0 Å². The maximum Gasteiger partial charge on any atom is 0.233 e. The summed E-state index contributed by atoms with van der Waals surface area (Å²) in [6, 6.07) is 19.2. The number of likely N-dealkylation sites (N-methyl/N-ethyl adjacent to an activating group) is 1. The van der Waals surface area contributed by atoms with Crippen molar-refractivity contribution >= 4 is 22.5 Å². The summed E-state index contributed by atoms with van der Waals surface area (Å²) in [6.45, 7) is 5.00. The lowest BCUT2D eigenvalue weighted by molar-refractivity contribution is 0.116. The van der Waals surface area contributed by atoms with Gasteiger partial charge in [-0.25, -0.2) is 19.9 Å². The van der Waals surface area contributed by atoms with E-state index in [4.69, 9.17) is 9.97 Å². The fraction of sp³-hybridized carbons (Fsp3) is 0.259. The molecular weight excluding hydrogens is 436 g/mol. The van der Waals surface area contributed by atoms with Gasteiger partial charge in [-0.2, -0.15) is 0 Å². The lowest BCUT2D eigenvalue weighted by Crippen LogP contribution is -2.47. The van der Waals surface area contributed by atoms with Crippen LogP contribution in [0.15, 0.2) is 79.4 Å². The van der Waals surface area contributed by atoms with Crippen molar-refractivity contribution in [2.24, 2.45) is 0 Å². The molecule has 1 aliphatic heterocycles. The van der Waals surface area contributed by atoms with Crippen LogP contribution in [0.5, 0.6) is 0 Å². The number of benzene rings is 2. The maximum atomic E-state index is 4.96. The Balaban J connectivity index is 1.34. The third-order valence-electron chi connectivity index (χ3n) is 6.73. The molecule has 35 heavy (non-hydrogen) atoms. The number of nitrogens with one attached hydrogen (secondary N) is 1.